The van der Waals surface area contributed by atoms with E-state index in [4.69, 9.17) is 33.7 Å². The molecule has 0 unspecified atom stereocenters. The van der Waals surface area contributed by atoms with Gasteiger partial charge in [0.15, 0.2) is 5.78 Å². The van der Waals surface area contributed by atoms with Crippen molar-refractivity contribution < 1.29 is 9.53 Å². The first-order chi connectivity index (χ1) is 9.52. The highest BCUT2D eigenvalue weighted by atomic mass is 35.5. The van der Waals surface area contributed by atoms with Crippen LogP contribution in [-0.2, 0) is 0 Å². The van der Waals surface area contributed by atoms with Crippen LogP contribution >= 0.6 is 23.2 Å². The summed E-state index contributed by atoms with van der Waals surface area (Å²) in [6, 6.07) is 9.77. The number of nitrogen functional groups attached to an aromatic ring is 1. The van der Waals surface area contributed by atoms with Crippen LogP contribution in [0.5, 0.6) is 5.75 Å². The summed E-state index contributed by atoms with van der Waals surface area (Å²) in [7, 11) is 0. The van der Waals surface area contributed by atoms with E-state index < -0.39 is 0 Å². The molecule has 0 bridgehead atoms. The van der Waals surface area contributed by atoms with Gasteiger partial charge in [-0.2, -0.15) is 0 Å². The summed E-state index contributed by atoms with van der Waals surface area (Å²) in [5.74, 6) is 0.232. The summed E-state index contributed by atoms with van der Waals surface area (Å²) >= 11 is 12.2. The van der Waals surface area contributed by atoms with E-state index in [1.54, 1.807) is 30.3 Å². The fourth-order valence-corrected chi connectivity index (χ4v) is 2.26. The van der Waals surface area contributed by atoms with Crippen LogP contribution in [0.1, 0.15) is 22.8 Å². The van der Waals surface area contributed by atoms with Gasteiger partial charge in [-0.15, -0.1) is 0 Å². The van der Waals surface area contributed by atoms with E-state index in [1.165, 1.54) is 6.07 Å². The Kier molecular flexibility index (Phi) is 4.53. The van der Waals surface area contributed by atoms with E-state index in [2.05, 4.69) is 0 Å². The van der Waals surface area contributed by atoms with Gasteiger partial charge >= 0.3 is 0 Å². The van der Waals surface area contributed by atoms with Gasteiger partial charge < -0.3 is 10.5 Å². The van der Waals surface area contributed by atoms with Crippen molar-refractivity contribution in [3.05, 3.63) is 57.6 Å². The Balaban J connectivity index is 2.43. The van der Waals surface area contributed by atoms with Gasteiger partial charge in [0.05, 0.1) is 16.7 Å². The minimum absolute atomic E-state index is 0.229. The maximum Gasteiger partial charge on any atom is 0.194 e. The first-order valence-corrected chi connectivity index (χ1v) is 6.80. The fourth-order valence-electron chi connectivity index (χ4n) is 1.80. The number of halogens is 2. The van der Waals surface area contributed by atoms with Gasteiger partial charge in [-0.1, -0.05) is 35.3 Å². The molecule has 0 spiro atoms. The molecule has 0 aliphatic rings. The number of hydrogen-bond acceptors (Lipinski definition) is 3. The van der Waals surface area contributed by atoms with E-state index in [0.29, 0.717) is 39.2 Å². The monoisotopic (exact) mass is 309 g/mol. The van der Waals surface area contributed by atoms with Gasteiger partial charge in [0.25, 0.3) is 0 Å². The van der Waals surface area contributed by atoms with Crippen LogP contribution in [0.4, 0.5) is 5.69 Å². The molecule has 0 saturated heterocycles. The zero-order valence-corrected chi connectivity index (χ0v) is 12.3. The predicted molar refractivity (Wildman–Crippen MR) is 81.9 cm³/mol. The lowest BCUT2D eigenvalue weighted by molar-refractivity contribution is 0.103. The van der Waals surface area contributed by atoms with Crippen LogP contribution in [0, 0.1) is 0 Å². The summed E-state index contributed by atoms with van der Waals surface area (Å²) in [5, 5.41) is 0.647. The smallest absolute Gasteiger partial charge is 0.194 e. The van der Waals surface area contributed by atoms with Crippen LogP contribution in [0.15, 0.2) is 36.4 Å². The number of carbonyl (C=O) groups is 1. The third kappa shape index (κ3) is 3.06. The molecule has 5 heteroatoms. The summed E-state index contributed by atoms with van der Waals surface area (Å²) < 4.78 is 5.33. The second kappa shape index (κ2) is 6.16. The number of nitrogens with two attached hydrogens (primary N) is 1. The molecule has 0 aromatic heterocycles. The topological polar surface area (TPSA) is 52.3 Å². The number of carbonyl (C=O) groups excluding carboxylic acids is 1. The van der Waals surface area contributed by atoms with Crippen LogP contribution < -0.4 is 10.5 Å². The molecular formula is C15H13Cl2NO2. The van der Waals surface area contributed by atoms with Gasteiger partial charge in [-0.05, 0) is 25.1 Å². The Labute approximate surface area is 127 Å². The van der Waals surface area contributed by atoms with E-state index in [9.17, 15) is 4.79 Å². The first kappa shape index (κ1) is 14.7. The Bertz CT molecular complexity index is 656. The maximum atomic E-state index is 12.4. The third-order valence-corrected chi connectivity index (χ3v) is 3.32. The molecule has 0 fully saturated rings. The van der Waals surface area contributed by atoms with Crippen molar-refractivity contribution in [3.8, 4) is 5.75 Å². The molecule has 0 atom stereocenters. The number of anilines is 1. The standard InChI is InChI=1S/C15H13Cl2NO2/c1-2-20-14-8-12(16)11(7-13(14)17)15(19)9-4-3-5-10(18)6-9/h3-8H,2,18H2,1H3. The van der Waals surface area contributed by atoms with Gasteiger partial charge in [-0.25, -0.2) is 0 Å². The zero-order chi connectivity index (χ0) is 14.7. The molecule has 104 valence electrons. The molecule has 0 radical (unpaired) electrons. The minimum atomic E-state index is -0.229. The molecule has 2 N–H and O–H groups in total. The quantitative estimate of drug-likeness (QED) is 0.680. The molecule has 0 saturated carbocycles. The first-order valence-electron chi connectivity index (χ1n) is 6.05. The van der Waals surface area contributed by atoms with Gasteiger partial charge in [-0.3, -0.25) is 4.79 Å². The van der Waals surface area contributed by atoms with Crippen LogP contribution in [0.2, 0.25) is 10.0 Å². The summed E-state index contributed by atoms with van der Waals surface area (Å²) in [5.41, 5.74) is 6.98. The number of benzene rings is 2. The summed E-state index contributed by atoms with van der Waals surface area (Å²) in [4.78, 5) is 12.4. The summed E-state index contributed by atoms with van der Waals surface area (Å²) in [6.45, 7) is 2.31. The van der Waals surface area contributed by atoms with Gasteiger partial charge in [0.2, 0.25) is 0 Å². The highest BCUT2D eigenvalue weighted by Gasteiger charge is 2.16. The fraction of sp³-hybridized carbons (Fsp3) is 0.133. The predicted octanol–water partition coefficient (Wildman–Crippen LogP) is 4.21. The van der Waals surface area contributed by atoms with Crippen LogP contribution in [0.25, 0.3) is 0 Å². The van der Waals surface area contributed by atoms with Crippen molar-refractivity contribution in [1.29, 1.82) is 0 Å². The lowest BCUT2D eigenvalue weighted by Gasteiger charge is -2.10. The zero-order valence-electron chi connectivity index (χ0n) is 10.8. The maximum absolute atomic E-state index is 12.4. The molecule has 0 aliphatic heterocycles. The van der Waals surface area contributed by atoms with Crippen molar-refractivity contribution in [3.63, 3.8) is 0 Å². The minimum Gasteiger partial charge on any atom is -0.492 e. The second-order valence-electron chi connectivity index (χ2n) is 4.15. The number of ether oxygens (including phenoxy) is 1. The average molecular weight is 310 g/mol. The van der Waals surface area contributed by atoms with Crippen molar-refractivity contribution in [2.45, 2.75) is 6.92 Å². The van der Waals surface area contributed by atoms with Crippen molar-refractivity contribution in [2.75, 3.05) is 12.3 Å². The van der Waals surface area contributed by atoms with Gasteiger partial charge in [0.1, 0.15) is 5.75 Å². The van der Waals surface area contributed by atoms with E-state index in [1.807, 2.05) is 6.92 Å². The Morgan fingerprint density at radius 3 is 2.60 bits per heavy atom. The average Bonchev–Trinajstić information content (AvgIpc) is 2.42. The van der Waals surface area contributed by atoms with E-state index in [0.717, 1.165) is 0 Å². The highest BCUT2D eigenvalue weighted by molar-refractivity contribution is 6.37. The molecule has 2 aromatic carbocycles. The van der Waals surface area contributed by atoms with Crippen LogP contribution in [-0.4, -0.2) is 12.4 Å². The molecular weight excluding hydrogens is 297 g/mol. The molecule has 0 heterocycles. The van der Waals surface area contributed by atoms with Crippen molar-refractivity contribution in [1.82, 2.24) is 0 Å². The second-order valence-corrected chi connectivity index (χ2v) is 4.96. The Morgan fingerprint density at radius 2 is 1.95 bits per heavy atom. The normalized spacial score (nSPS) is 10.3. The lowest BCUT2D eigenvalue weighted by Crippen LogP contribution is -2.04. The number of hydrogen-bond donors (Lipinski definition) is 1. The summed E-state index contributed by atoms with van der Waals surface area (Å²) in [6.07, 6.45) is 0. The van der Waals surface area contributed by atoms with Gasteiger partial charge in [0, 0.05) is 22.9 Å². The number of ketones is 1. The van der Waals surface area contributed by atoms with Crippen molar-refractivity contribution in [2.24, 2.45) is 0 Å². The largest absolute Gasteiger partial charge is 0.492 e. The lowest BCUT2D eigenvalue weighted by atomic mass is 10.0. The molecule has 20 heavy (non-hydrogen) atoms. The van der Waals surface area contributed by atoms with E-state index in [-0.39, 0.29) is 5.78 Å². The Hall–Kier alpha value is -1.71. The molecule has 2 rings (SSSR count). The third-order valence-electron chi connectivity index (χ3n) is 2.71. The van der Waals surface area contributed by atoms with Crippen LogP contribution in [0.3, 0.4) is 0 Å². The molecule has 3 nitrogen and oxygen atoms in total. The molecule has 0 aliphatic carbocycles. The molecule has 0 amide bonds. The Morgan fingerprint density at radius 1 is 1.20 bits per heavy atom. The molecule has 2 aromatic rings. The highest BCUT2D eigenvalue weighted by Crippen LogP contribution is 2.32. The van der Waals surface area contributed by atoms with Crippen molar-refractivity contribution >= 4 is 34.7 Å². The SMILES string of the molecule is CCOc1cc(Cl)c(C(=O)c2cccc(N)c2)cc1Cl. The van der Waals surface area contributed by atoms with E-state index >= 15 is 0 Å². The number of rotatable bonds is 4.